The van der Waals surface area contributed by atoms with Crippen LogP contribution in [-0.4, -0.2) is 39.5 Å². The smallest absolute Gasteiger partial charge is 0.114 e. The monoisotopic (exact) mass is 346 g/mol. The molecule has 0 spiro atoms. The first-order valence-corrected chi connectivity index (χ1v) is 8.78. The van der Waals surface area contributed by atoms with Gasteiger partial charge in [0.2, 0.25) is 0 Å². The molecular formula is C16H27BrO3. The Morgan fingerprint density at radius 3 is 2.50 bits per heavy atom. The number of rotatable bonds is 2. The first kappa shape index (κ1) is 15.3. The Labute approximate surface area is 130 Å². The van der Waals surface area contributed by atoms with Gasteiger partial charge in [-0.3, -0.25) is 0 Å². The Kier molecular flexibility index (Phi) is 3.57. The van der Waals surface area contributed by atoms with Crippen LogP contribution >= 0.6 is 15.9 Å². The summed E-state index contributed by atoms with van der Waals surface area (Å²) in [5.41, 5.74) is -0.192. The number of fused-ring (bicyclic) bond motifs is 1. The second-order valence-corrected chi connectivity index (χ2v) is 9.29. The predicted molar refractivity (Wildman–Crippen MR) is 81.9 cm³/mol. The van der Waals surface area contributed by atoms with Gasteiger partial charge < -0.3 is 14.9 Å². The van der Waals surface area contributed by atoms with Crippen molar-refractivity contribution < 1.29 is 14.9 Å². The first-order valence-electron chi connectivity index (χ1n) is 7.86. The molecule has 20 heavy (non-hydrogen) atoms. The van der Waals surface area contributed by atoms with Crippen LogP contribution in [-0.2, 0) is 4.74 Å². The van der Waals surface area contributed by atoms with Gasteiger partial charge in [-0.15, -0.1) is 0 Å². The van der Waals surface area contributed by atoms with E-state index >= 15 is 0 Å². The molecule has 116 valence electrons. The second-order valence-electron chi connectivity index (χ2n) is 8.18. The number of hydrogen-bond donors (Lipinski definition) is 2. The summed E-state index contributed by atoms with van der Waals surface area (Å²) in [5.74, 6) is 0.550. The van der Waals surface area contributed by atoms with E-state index in [2.05, 4.69) is 29.8 Å². The Morgan fingerprint density at radius 1 is 1.20 bits per heavy atom. The van der Waals surface area contributed by atoms with Crippen molar-refractivity contribution in [2.45, 2.75) is 75.5 Å². The highest BCUT2D eigenvalue weighted by molar-refractivity contribution is 9.09. The first-order chi connectivity index (χ1) is 9.25. The highest BCUT2D eigenvalue weighted by atomic mass is 79.9. The minimum absolute atomic E-state index is 0.0454. The van der Waals surface area contributed by atoms with E-state index in [1.807, 2.05) is 6.92 Å². The van der Waals surface area contributed by atoms with Crippen LogP contribution in [0.15, 0.2) is 0 Å². The molecule has 2 N–H and O–H groups in total. The molecule has 6 unspecified atom stereocenters. The molecule has 0 aromatic rings. The van der Waals surface area contributed by atoms with Gasteiger partial charge in [0.05, 0.1) is 12.7 Å². The molecule has 0 amide bonds. The largest absolute Gasteiger partial charge is 0.396 e. The standard InChI is InChI=1S/C16H27BrO3/c1-14(2)8-10(4-5-11(14)17)16-7-6-15(3,9-18)12(19)13(16)20-16/h10-13,18-19H,4-9H2,1-3H3. The number of aliphatic hydroxyl groups is 2. The SMILES string of the molecule is CC1(C)CC(C23CCC(C)(CO)C(O)C2O3)CCC1Br. The lowest BCUT2D eigenvalue weighted by molar-refractivity contribution is -0.0403. The normalized spacial score (nSPS) is 54.3. The van der Waals surface area contributed by atoms with Gasteiger partial charge in [-0.05, 0) is 43.4 Å². The fourth-order valence-corrected chi connectivity index (χ4v) is 4.91. The van der Waals surface area contributed by atoms with Crippen molar-refractivity contribution in [2.24, 2.45) is 16.7 Å². The third-order valence-corrected chi connectivity index (χ3v) is 8.00. The second kappa shape index (κ2) is 4.68. The van der Waals surface area contributed by atoms with Crippen molar-refractivity contribution >= 4 is 15.9 Å². The Morgan fingerprint density at radius 2 is 1.90 bits per heavy atom. The molecule has 3 nitrogen and oxygen atoms in total. The summed E-state index contributed by atoms with van der Waals surface area (Å²) >= 11 is 3.81. The zero-order valence-electron chi connectivity index (χ0n) is 12.7. The van der Waals surface area contributed by atoms with Crippen LogP contribution in [0.5, 0.6) is 0 Å². The van der Waals surface area contributed by atoms with Gasteiger partial charge in [-0.2, -0.15) is 0 Å². The fourth-order valence-electron chi connectivity index (χ4n) is 4.46. The average Bonchev–Trinajstić information content (AvgIpc) is 3.14. The zero-order chi connectivity index (χ0) is 14.8. The van der Waals surface area contributed by atoms with Crippen LogP contribution in [0.4, 0.5) is 0 Å². The van der Waals surface area contributed by atoms with E-state index in [9.17, 15) is 10.2 Å². The minimum Gasteiger partial charge on any atom is -0.396 e. The van der Waals surface area contributed by atoms with Crippen LogP contribution < -0.4 is 0 Å². The van der Waals surface area contributed by atoms with E-state index < -0.39 is 6.10 Å². The van der Waals surface area contributed by atoms with Crippen LogP contribution in [0, 0.1) is 16.7 Å². The van der Waals surface area contributed by atoms with Crippen molar-refractivity contribution in [3.05, 3.63) is 0 Å². The molecule has 4 heteroatoms. The van der Waals surface area contributed by atoms with Crippen LogP contribution in [0.1, 0.15) is 52.9 Å². The summed E-state index contributed by atoms with van der Waals surface area (Å²) in [6.45, 7) is 6.67. The Balaban J connectivity index is 1.75. The van der Waals surface area contributed by atoms with E-state index in [1.165, 1.54) is 12.8 Å². The third-order valence-electron chi connectivity index (χ3n) is 6.30. The van der Waals surface area contributed by atoms with Crippen molar-refractivity contribution in [3.63, 3.8) is 0 Å². The summed E-state index contributed by atoms with van der Waals surface area (Å²) in [7, 11) is 0. The van der Waals surface area contributed by atoms with Gasteiger partial charge in [0, 0.05) is 10.2 Å². The number of ether oxygens (including phenoxy) is 1. The Bertz CT molecular complexity index is 399. The molecule has 3 fully saturated rings. The van der Waals surface area contributed by atoms with Crippen LogP contribution in [0.3, 0.4) is 0 Å². The quantitative estimate of drug-likeness (QED) is 0.597. The molecule has 2 aliphatic carbocycles. The highest BCUT2D eigenvalue weighted by Crippen LogP contribution is 2.61. The van der Waals surface area contributed by atoms with Gasteiger partial charge in [0.1, 0.15) is 11.7 Å². The van der Waals surface area contributed by atoms with E-state index in [4.69, 9.17) is 4.74 Å². The zero-order valence-corrected chi connectivity index (χ0v) is 14.3. The lowest BCUT2D eigenvalue weighted by atomic mass is 9.61. The average molecular weight is 347 g/mol. The fraction of sp³-hybridized carbons (Fsp3) is 1.00. The number of aliphatic hydroxyl groups excluding tert-OH is 2. The molecule has 3 aliphatic rings. The van der Waals surface area contributed by atoms with Gasteiger partial charge in [-0.25, -0.2) is 0 Å². The summed E-state index contributed by atoms with van der Waals surface area (Å²) in [6, 6.07) is 0. The van der Waals surface area contributed by atoms with Gasteiger partial charge >= 0.3 is 0 Å². The maximum absolute atomic E-state index is 10.5. The number of alkyl halides is 1. The lowest BCUT2D eigenvalue weighted by Crippen LogP contribution is -2.50. The van der Waals surface area contributed by atoms with E-state index in [-0.39, 0.29) is 29.1 Å². The molecule has 1 saturated heterocycles. The maximum atomic E-state index is 10.5. The molecule has 0 radical (unpaired) electrons. The van der Waals surface area contributed by atoms with Crippen molar-refractivity contribution in [1.29, 1.82) is 0 Å². The topological polar surface area (TPSA) is 53.0 Å². The van der Waals surface area contributed by atoms with Gasteiger partial charge in [0.15, 0.2) is 0 Å². The van der Waals surface area contributed by atoms with E-state index in [0.717, 1.165) is 19.3 Å². The van der Waals surface area contributed by atoms with Crippen molar-refractivity contribution in [2.75, 3.05) is 6.61 Å². The number of hydrogen-bond acceptors (Lipinski definition) is 3. The maximum Gasteiger partial charge on any atom is 0.114 e. The number of halogens is 1. The molecule has 0 bridgehead atoms. The lowest BCUT2D eigenvalue weighted by Gasteiger charge is -2.45. The molecule has 0 aromatic carbocycles. The number of epoxide rings is 1. The molecule has 3 rings (SSSR count). The molecule has 6 atom stereocenters. The summed E-state index contributed by atoms with van der Waals surface area (Å²) < 4.78 is 6.07. The molecule has 0 aromatic heterocycles. The third kappa shape index (κ3) is 2.10. The molecule has 1 heterocycles. The van der Waals surface area contributed by atoms with Gasteiger partial charge in [-0.1, -0.05) is 36.7 Å². The summed E-state index contributed by atoms with van der Waals surface area (Å²) in [6.07, 6.45) is 4.78. The van der Waals surface area contributed by atoms with Crippen molar-refractivity contribution in [3.8, 4) is 0 Å². The molecule has 1 aliphatic heterocycles. The predicted octanol–water partition coefficient (Wildman–Crippen LogP) is 2.87. The van der Waals surface area contributed by atoms with Crippen molar-refractivity contribution in [1.82, 2.24) is 0 Å². The molecular weight excluding hydrogens is 320 g/mol. The van der Waals surface area contributed by atoms with Crippen LogP contribution in [0.25, 0.3) is 0 Å². The van der Waals surface area contributed by atoms with Crippen LogP contribution in [0.2, 0.25) is 0 Å². The minimum atomic E-state index is -0.522. The van der Waals surface area contributed by atoms with E-state index in [1.54, 1.807) is 0 Å². The van der Waals surface area contributed by atoms with E-state index in [0.29, 0.717) is 10.7 Å². The summed E-state index contributed by atoms with van der Waals surface area (Å²) in [4.78, 5) is 0.580. The van der Waals surface area contributed by atoms with Gasteiger partial charge in [0.25, 0.3) is 0 Å². The summed E-state index contributed by atoms with van der Waals surface area (Å²) in [5, 5.41) is 20.1. The molecule has 2 saturated carbocycles. The Hall–Kier alpha value is 0.360. The highest BCUT2D eigenvalue weighted by Gasteiger charge is 2.69.